The van der Waals surface area contributed by atoms with E-state index in [0.29, 0.717) is 15.7 Å². The SMILES string of the molecule is N#Cc1c(Br)cccc1-c1ccn2c(=O)c(COC(=O)NCCO)cnc2c1. The molecule has 8 nitrogen and oxygen atoms in total. The maximum absolute atomic E-state index is 12.6. The van der Waals surface area contributed by atoms with E-state index < -0.39 is 6.09 Å². The number of pyridine rings is 1. The molecule has 2 heterocycles. The summed E-state index contributed by atoms with van der Waals surface area (Å²) in [5.74, 6) is 0. The number of nitriles is 1. The Bertz CT molecular complexity index is 1140. The molecule has 28 heavy (non-hydrogen) atoms. The van der Waals surface area contributed by atoms with Gasteiger partial charge in [0.25, 0.3) is 5.56 Å². The molecule has 0 spiro atoms. The molecule has 0 radical (unpaired) electrons. The Balaban J connectivity index is 1.91. The maximum atomic E-state index is 12.6. The minimum absolute atomic E-state index is 0.0663. The number of nitrogens with zero attached hydrogens (tertiary/aromatic N) is 3. The highest BCUT2D eigenvalue weighted by atomic mass is 79.9. The second-order valence-corrected chi connectivity index (χ2v) is 6.59. The van der Waals surface area contributed by atoms with Crippen LogP contribution in [0.15, 0.2) is 52.0 Å². The normalized spacial score (nSPS) is 10.5. The molecular formula is C19H15BrN4O4. The summed E-state index contributed by atoms with van der Waals surface area (Å²) in [7, 11) is 0. The van der Waals surface area contributed by atoms with Crippen molar-refractivity contribution in [2.24, 2.45) is 0 Å². The Kier molecular flexibility index (Phi) is 6.03. The van der Waals surface area contributed by atoms with Crippen LogP contribution < -0.4 is 10.9 Å². The van der Waals surface area contributed by atoms with E-state index in [0.717, 1.165) is 11.1 Å². The first-order valence-electron chi connectivity index (χ1n) is 8.26. The molecule has 0 saturated heterocycles. The summed E-state index contributed by atoms with van der Waals surface area (Å²) in [5, 5.41) is 20.4. The van der Waals surface area contributed by atoms with Gasteiger partial charge in [-0.3, -0.25) is 9.20 Å². The van der Waals surface area contributed by atoms with Gasteiger partial charge in [0.2, 0.25) is 0 Å². The summed E-state index contributed by atoms with van der Waals surface area (Å²) in [6.45, 7) is -0.377. The Morgan fingerprint density at radius 1 is 1.39 bits per heavy atom. The van der Waals surface area contributed by atoms with Crippen molar-refractivity contribution >= 4 is 27.7 Å². The third kappa shape index (κ3) is 4.03. The van der Waals surface area contributed by atoms with Crippen molar-refractivity contribution in [2.45, 2.75) is 6.61 Å². The first kappa shape index (κ1) is 19.5. The molecule has 0 aliphatic heterocycles. The number of alkyl carbamates (subject to hydrolysis) is 1. The van der Waals surface area contributed by atoms with Crippen molar-refractivity contribution in [1.29, 1.82) is 5.26 Å². The molecule has 3 aromatic rings. The van der Waals surface area contributed by atoms with Gasteiger partial charge in [0, 0.05) is 29.0 Å². The number of halogens is 1. The zero-order valence-electron chi connectivity index (χ0n) is 14.6. The summed E-state index contributed by atoms with van der Waals surface area (Å²) in [4.78, 5) is 28.3. The van der Waals surface area contributed by atoms with E-state index >= 15 is 0 Å². The minimum atomic E-state index is -0.729. The predicted molar refractivity (Wildman–Crippen MR) is 105 cm³/mol. The number of ether oxygens (including phenoxy) is 1. The van der Waals surface area contributed by atoms with Crippen LogP contribution in [0.4, 0.5) is 4.79 Å². The molecule has 0 fully saturated rings. The third-order valence-electron chi connectivity index (χ3n) is 3.96. The Morgan fingerprint density at radius 3 is 2.96 bits per heavy atom. The zero-order chi connectivity index (χ0) is 20.1. The fraction of sp³-hybridized carbons (Fsp3) is 0.158. The number of aliphatic hydroxyl groups is 1. The number of nitrogens with one attached hydrogen (secondary N) is 1. The molecule has 0 unspecified atom stereocenters. The molecule has 0 aliphatic carbocycles. The number of amides is 1. The van der Waals surface area contributed by atoms with Crippen molar-refractivity contribution in [1.82, 2.24) is 14.7 Å². The third-order valence-corrected chi connectivity index (χ3v) is 4.62. The highest BCUT2D eigenvalue weighted by molar-refractivity contribution is 9.10. The number of carbonyl (C=O) groups excluding carboxylic acids is 1. The van der Waals surface area contributed by atoms with Gasteiger partial charge in [-0.2, -0.15) is 5.26 Å². The summed E-state index contributed by atoms with van der Waals surface area (Å²) >= 11 is 3.37. The Morgan fingerprint density at radius 2 is 2.21 bits per heavy atom. The van der Waals surface area contributed by atoms with Crippen LogP contribution in [-0.4, -0.2) is 33.7 Å². The van der Waals surface area contributed by atoms with Crippen LogP contribution in [0.2, 0.25) is 0 Å². The van der Waals surface area contributed by atoms with Gasteiger partial charge in [-0.15, -0.1) is 0 Å². The van der Waals surface area contributed by atoms with Gasteiger partial charge in [0.15, 0.2) is 0 Å². The van der Waals surface area contributed by atoms with Gasteiger partial charge in [0.1, 0.15) is 18.3 Å². The van der Waals surface area contributed by atoms with Crippen molar-refractivity contribution in [3.63, 3.8) is 0 Å². The Labute approximate surface area is 168 Å². The number of carbonyl (C=O) groups is 1. The van der Waals surface area contributed by atoms with E-state index in [2.05, 4.69) is 32.3 Å². The summed E-state index contributed by atoms with van der Waals surface area (Å²) in [6, 6.07) is 11.0. The first-order valence-corrected chi connectivity index (χ1v) is 9.05. The van der Waals surface area contributed by atoms with Crippen LogP contribution in [0, 0.1) is 11.3 Å². The standard InChI is InChI=1S/C19H15BrN4O4/c20-16-3-1-2-14(15(16)9-21)12-4-6-24-17(8-12)23-10-13(18(24)26)11-28-19(27)22-5-7-25/h1-4,6,8,10,25H,5,7,11H2,(H,22,27). The van der Waals surface area contributed by atoms with Gasteiger partial charge in [-0.25, -0.2) is 9.78 Å². The molecule has 0 atom stereocenters. The number of aromatic nitrogens is 2. The molecule has 1 aromatic carbocycles. The molecule has 0 saturated carbocycles. The van der Waals surface area contributed by atoms with E-state index in [9.17, 15) is 14.9 Å². The van der Waals surface area contributed by atoms with Crippen LogP contribution in [-0.2, 0) is 11.3 Å². The summed E-state index contributed by atoms with van der Waals surface area (Å²) in [6.07, 6.45) is 2.19. The quantitative estimate of drug-likeness (QED) is 0.625. The monoisotopic (exact) mass is 442 g/mol. The second-order valence-electron chi connectivity index (χ2n) is 5.73. The van der Waals surface area contributed by atoms with Crippen LogP contribution >= 0.6 is 15.9 Å². The maximum Gasteiger partial charge on any atom is 0.407 e. The largest absolute Gasteiger partial charge is 0.444 e. The molecule has 2 aromatic heterocycles. The molecule has 0 bridgehead atoms. The van der Waals surface area contributed by atoms with Crippen molar-refractivity contribution in [2.75, 3.05) is 13.2 Å². The van der Waals surface area contributed by atoms with Gasteiger partial charge >= 0.3 is 6.09 Å². The highest BCUT2D eigenvalue weighted by Gasteiger charge is 2.12. The minimum Gasteiger partial charge on any atom is -0.444 e. The lowest BCUT2D eigenvalue weighted by molar-refractivity contribution is 0.136. The topological polar surface area (TPSA) is 117 Å². The Hall–Kier alpha value is -3.22. The fourth-order valence-electron chi connectivity index (χ4n) is 2.61. The van der Waals surface area contributed by atoms with E-state index in [4.69, 9.17) is 9.84 Å². The number of rotatable bonds is 5. The zero-order valence-corrected chi connectivity index (χ0v) is 16.1. The molecule has 9 heteroatoms. The van der Waals surface area contributed by atoms with Gasteiger partial charge in [0.05, 0.1) is 17.7 Å². The number of fused-ring (bicyclic) bond motifs is 1. The van der Waals surface area contributed by atoms with E-state index in [-0.39, 0.29) is 30.9 Å². The number of hydrogen-bond donors (Lipinski definition) is 2. The van der Waals surface area contributed by atoms with Gasteiger partial charge < -0.3 is 15.2 Å². The lowest BCUT2D eigenvalue weighted by Gasteiger charge is -2.09. The van der Waals surface area contributed by atoms with Crippen molar-refractivity contribution in [3.05, 3.63) is 68.7 Å². The average Bonchev–Trinajstić information content (AvgIpc) is 2.71. The summed E-state index contributed by atoms with van der Waals surface area (Å²) in [5.41, 5.74) is 2.22. The molecule has 0 aliphatic rings. The number of benzene rings is 1. The number of hydrogen-bond acceptors (Lipinski definition) is 6. The lowest BCUT2D eigenvalue weighted by Crippen LogP contribution is -2.28. The molecular weight excluding hydrogens is 428 g/mol. The van der Waals surface area contributed by atoms with Crippen LogP contribution in [0.25, 0.3) is 16.8 Å². The molecule has 2 N–H and O–H groups in total. The lowest BCUT2D eigenvalue weighted by atomic mass is 10.0. The van der Waals surface area contributed by atoms with Crippen LogP contribution in [0.5, 0.6) is 0 Å². The highest BCUT2D eigenvalue weighted by Crippen LogP contribution is 2.29. The van der Waals surface area contributed by atoms with E-state index in [1.807, 2.05) is 12.1 Å². The van der Waals surface area contributed by atoms with Gasteiger partial charge in [-0.05, 0) is 39.7 Å². The van der Waals surface area contributed by atoms with E-state index in [1.54, 1.807) is 24.4 Å². The molecule has 3 rings (SSSR count). The molecule has 142 valence electrons. The second kappa shape index (κ2) is 8.65. The van der Waals surface area contributed by atoms with Crippen molar-refractivity contribution in [3.8, 4) is 17.2 Å². The average molecular weight is 443 g/mol. The fourth-order valence-corrected chi connectivity index (χ4v) is 3.07. The van der Waals surface area contributed by atoms with E-state index in [1.165, 1.54) is 10.6 Å². The summed E-state index contributed by atoms with van der Waals surface area (Å²) < 4.78 is 6.97. The van der Waals surface area contributed by atoms with Crippen LogP contribution in [0.1, 0.15) is 11.1 Å². The molecule has 1 amide bonds. The van der Waals surface area contributed by atoms with Crippen LogP contribution in [0.3, 0.4) is 0 Å². The van der Waals surface area contributed by atoms with Gasteiger partial charge in [-0.1, -0.05) is 12.1 Å². The number of aliphatic hydroxyl groups excluding tert-OH is 1. The first-order chi connectivity index (χ1) is 13.5. The smallest absolute Gasteiger partial charge is 0.407 e. The van der Waals surface area contributed by atoms with Crippen molar-refractivity contribution < 1.29 is 14.6 Å². The predicted octanol–water partition coefficient (Wildman–Crippen LogP) is 2.21.